The number of hydrogen-bond acceptors (Lipinski definition) is 8. The van der Waals surface area contributed by atoms with Gasteiger partial charge in [-0.15, -0.1) is 0 Å². The van der Waals surface area contributed by atoms with Crippen LogP contribution in [0.2, 0.25) is 0 Å². The van der Waals surface area contributed by atoms with Crippen LogP contribution in [0.25, 0.3) is 0 Å². The van der Waals surface area contributed by atoms with E-state index in [1.54, 1.807) is 17.0 Å². The standard InChI is InChI=1S/C36H49FN6O6/c1-23-16-40(30(18-42(23)36(46)47)17-41-24(2)20-48-21-25(41)3)19-32(44)43-26(4)22-49-34-31(43)15-28(14-27-8-10-29(37)11-9-27)33(38-34)35(45)39-12-6-5-7-13-39/h8-11,15,23-26,30H,5-7,12-14,16-22H2,1-4H3,(H,46,47)/t23-,24-,25-,26+,30+/m1/s1. The summed E-state index contributed by atoms with van der Waals surface area (Å²) in [6.45, 7) is 12.2. The monoisotopic (exact) mass is 680 g/mol. The van der Waals surface area contributed by atoms with Crippen molar-refractivity contribution in [2.75, 3.05) is 64.0 Å². The summed E-state index contributed by atoms with van der Waals surface area (Å²) in [6.07, 6.45) is 2.32. The molecule has 5 atom stereocenters. The molecule has 5 heterocycles. The number of fused-ring (bicyclic) bond motifs is 1. The van der Waals surface area contributed by atoms with Crippen LogP contribution in [0.15, 0.2) is 30.3 Å². The largest absolute Gasteiger partial charge is 0.474 e. The summed E-state index contributed by atoms with van der Waals surface area (Å²) in [5.74, 6) is -0.415. The quantitative estimate of drug-likeness (QED) is 0.467. The summed E-state index contributed by atoms with van der Waals surface area (Å²) in [7, 11) is 0. The molecule has 0 bridgehead atoms. The predicted molar refractivity (Wildman–Crippen MR) is 182 cm³/mol. The molecular weight excluding hydrogens is 631 g/mol. The van der Waals surface area contributed by atoms with Crippen LogP contribution in [0, 0.1) is 5.82 Å². The number of likely N-dealkylation sites (tertiary alicyclic amines) is 1. The number of carbonyl (C=O) groups excluding carboxylic acids is 2. The average Bonchev–Trinajstić information content (AvgIpc) is 3.08. The second kappa shape index (κ2) is 15.0. The first-order valence-electron chi connectivity index (χ1n) is 17.6. The van der Waals surface area contributed by atoms with E-state index in [1.807, 2.05) is 24.8 Å². The lowest BCUT2D eigenvalue weighted by Crippen LogP contribution is -2.65. The molecule has 0 radical (unpaired) electrons. The number of carbonyl (C=O) groups is 3. The molecule has 3 amide bonds. The molecule has 1 aromatic carbocycles. The summed E-state index contributed by atoms with van der Waals surface area (Å²) in [5, 5.41) is 9.97. The van der Waals surface area contributed by atoms with Crippen molar-refractivity contribution in [3.05, 3.63) is 53.0 Å². The van der Waals surface area contributed by atoms with Gasteiger partial charge in [-0.25, -0.2) is 14.2 Å². The summed E-state index contributed by atoms with van der Waals surface area (Å²) in [6, 6.07) is 7.56. The third kappa shape index (κ3) is 7.68. The normalized spacial score (nSPS) is 26.6. The van der Waals surface area contributed by atoms with Crippen molar-refractivity contribution in [3.8, 4) is 5.88 Å². The molecule has 1 N–H and O–H groups in total. The number of anilines is 1. The first-order valence-corrected chi connectivity index (χ1v) is 17.6. The van der Waals surface area contributed by atoms with Crippen molar-refractivity contribution >= 4 is 23.6 Å². The SMILES string of the molecule is C[C@@H]1CN(CC(=O)N2c3cc(Cc4ccc(F)cc4)c(C(=O)N4CCCCC4)nc3OC[C@@H]2C)[C@@H](CN2[C@H](C)COC[C@H]2C)CN1C(=O)O. The summed E-state index contributed by atoms with van der Waals surface area (Å²) in [5.41, 5.74) is 2.26. The van der Waals surface area contributed by atoms with Gasteiger partial charge >= 0.3 is 6.09 Å². The maximum atomic E-state index is 14.4. The Hall–Kier alpha value is -3.81. The summed E-state index contributed by atoms with van der Waals surface area (Å²) in [4.78, 5) is 54.7. The van der Waals surface area contributed by atoms with E-state index in [9.17, 15) is 23.9 Å². The number of benzene rings is 1. The van der Waals surface area contributed by atoms with Crippen LogP contribution in [-0.2, 0) is 16.0 Å². The van der Waals surface area contributed by atoms with Crippen molar-refractivity contribution in [2.24, 2.45) is 0 Å². The molecule has 0 saturated carbocycles. The Morgan fingerprint density at radius 2 is 1.61 bits per heavy atom. The molecule has 6 rings (SSSR count). The number of piperidine rings is 1. The van der Waals surface area contributed by atoms with Gasteiger partial charge in [-0.1, -0.05) is 12.1 Å². The van der Waals surface area contributed by atoms with E-state index in [2.05, 4.69) is 23.6 Å². The number of ether oxygens (including phenoxy) is 2. The molecule has 12 nitrogen and oxygen atoms in total. The van der Waals surface area contributed by atoms with Gasteiger partial charge in [0, 0.05) is 56.9 Å². The number of aromatic nitrogens is 1. The van der Waals surface area contributed by atoms with Crippen LogP contribution in [0.4, 0.5) is 14.9 Å². The second-order valence-corrected chi connectivity index (χ2v) is 14.2. The van der Waals surface area contributed by atoms with Crippen LogP contribution in [-0.4, -0.2) is 137 Å². The van der Waals surface area contributed by atoms with Crippen molar-refractivity contribution in [3.63, 3.8) is 0 Å². The predicted octanol–water partition coefficient (Wildman–Crippen LogP) is 3.71. The van der Waals surface area contributed by atoms with Crippen LogP contribution in [0.1, 0.15) is 68.6 Å². The van der Waals surface area contributed by atoms with Crippen LogP contribution >= 0.6 is 0 Å². The van der Waals surface area contributed by atoms with Gasteiger partial charge in [0.1, 0.15) is 23.8 Å². The zero-order valence-electron chi connectivity index (χ0n) is 29.0. The molecule has 0 spiro atoms. The minimum Gasteiger partial charge on any atom is -0.474 e. The van der Waals surface area contributed by atoms with Gasteiger partial charge in [-0.05, 0) is 82.7 Å². The van der Waals surface area contributed by atoms with Crippen molar-refractivity contribution < 1.29 is 33.4 Å². The van der Waals surface area contributed by atoms with Crippen LogP contribution < -0.4 is 9.64 Å². The first-order chi connectivity index (χ1) is 23.5. The molecule has 266 valence electrons. The Balaban J connectivity index is 1.30. The van der Waals surface area contributed by atoms with Gasteiger partial charge < -0.3 is 29.3 Å². The minimum atomic E-state index is -0.961. The highest BCUT2D eigenvalue weighted by Gasteiger charge is 2.40. The fraction of sp³-hybridized carbons (Fsp3) is 0.611. The summed E-state index contributed by atoms with van der Waals surface area (Å²) >= 11 is 0. The molecule has 3 saturated heterocycles. The van der Waals surface area contributed by atoms with Gasteiger partial charge in [-0.2, -0.15) is 0 Å². The molecule has 1 aromatic heterocycles. The number of carboxylic acid groups (broad SMARTS) is 1. The lowest BCUT2D eigenvalue weighted by Gasteiger charge is -2.48. The van der Waals surface area contributed by atoms with E-state index in [-0.39, 0.29) is 66.9 Å². The van der Waals surface area contributed by atoms with Crippen LogP contribution in [0.5, 0.6) is 5.88 Å². The highest BCUT2D eigenvalue weighted by atomic mass is 19.1. The van der Waals surface area contributed by atoms with E-state index in [0.29, 0.717) is 69.3 Å². The van der Waals surface area contributed by atoms with Gasteiger partial charge in [0.15, 0.2) is 0 Å². The zero-order valence-corrected chi connectivity index (χ0v) is 29.0. The number of amides is 3. The van der Waals surface area contributed by atoms with E-state index >= 15 is 0 Å². The van der Waals surface area contributed by atoms with E-state index in [1.165, 1.54) is 17.0 Å². The van der Waals surface area contributed by atoms with Crippen molar-refractivity contribution in [1.82, 2.24) is 24.6 Å². The van der Waals surface area contributed by atoms with E-state index in [0.717, 1.165) is 24.8 Å². The number of hydrogen-bond donors (Lipinski definition) is 1. The topological polar surface area (TPSA) is 119 Å². The third-order valence-corrected chi connectivity index (χ3v) is 10.4. The fourth-order valence-electron chi connectivity index (χ4n) is 7.72. The minimum absolute atomic E-state index is 0.0844. The van der Waals surface area contributed by atoms with Gasteiger partial charge in [-0.3, -0.25) is 19.4 Å². The van der Waals surface area contributed by atoms with Crippen molar-refractivity contribution in [2.45, 2.75) is 83.6 Å². The maximum Gasteiger partial charge on any atom is 0.407 e. The molecule has 49 heavy (non-hydrogen) atoms. The Morgan fingerprint density at radius 3 is 2.29 bits per heavy atom. The van der Waals surface area contributed by atoms with Crippen LogP contribution in [0.3, 0.4) is 0 Å². The Morgan fingerprint density at radius 1 is 0.918 bits per heavy atom. The lowest BCUT2D eigenvalue weighted by atomic mass is 10.00. The second-order valence-electron chi connectivity index (χ2n) is 14.2. The Labute approximate surface area is 287 Å². The fourth-order valence-corrected chi connectivity index (χ4v) is 7.72. The van der Waals surface area contributed by atoms with Gasteiger partial charge in [0.05, 0.1) is 25.8 Å². The molecule has 3 fully saturated rings. The Kier molecular flexibility index (Phi) is 10.7. The number of nitrogens with zero attached hydrogens (tertiary/aromatic N) is 6. The Bertz CT molecular complexity index is 1510. The lowest BCUT2D eigenvalue weighted by molar-refractivity contribution is -0.122. The molecular formula is C36H49FN6O6. The highest BCUT2D eigenvalue weighted by molar-refractivity contribution is 5.99. The number of pyridine rings is 1. The van der Waals surface area contributed by atoms with E-state index in [4.69, 9.17) is 14.5 Å². The average molecular weight is 681 g/mol. The molecule has 4 aliphatic heterocycles. The van der Waals surface area contributed by atoms with E-state index < -0.39 is 6.09 Å². The first kappa shape index (κ1) is 35.0. The number of rotatable bonds is 7. The van der Waals surface area contributed by atoms with Gasteiger partial charge in [0.2, 0.25) is 11.8 Å². The molecule has 0 unspecified atom stereocenters. The molecule has 4 aliphatic rings. The smallest absolute Gasteiger partial charge is 0.407 e. The number of piperazine rings is 1. The maximum absolute atomic E-state index is 14.4. The molecule has 2 aromatic rings. The summed E-state index contributed by atoms with van der Waals surface area (Å²) < 4.78 is 25.6. The zero-order chi connectivity index (χ0) is 34.8. The number of morpholine rings is 1. The third-order valence-electron chi connectivity index (χ3n) is 10.4. The highest BCUT2D eigenvalue weighted by Crippen LogP contribution is 2.36. The van der Waals surface area contributed by atoms with Crippen molar-refractivity contribution in [1.29, 1.82) is 0 Å². The number of halogens is 1. The van der Waals surface area contributed by atoms with Gasteiger partial charge in [0.25, 0.3) is 5.91 Å². The molecule has 13 heteroatoms. The molecule has 0 aliphatic carbocycles.